The number of ether oxygens (including phenoxy) is 1. The number of likely N-dealkylation sites (tertiary alicyclic amines) is 1. The van der Waals surface area contributed by atoms with Gasteiger partial charge >= 0.3 is 0 Å². The largest absolute Gasteiger partial charge is 0.363 e. The summed E-state index contributed by atoms with van der Waals surface area (Å²) in [7, 11) is 0. The quantitative estimate of drug-likeness (QED) is 0.886. The van der Waals surface area contributed by atoms with Gasteiger partial charge in [0.2, 0.25) is 5.91 Å². The smallest absolute Gasteiger partial charge is 0.254 e. The lowest BCUT2D eigenvalue weighted by atomic mass is 9.98. The van der Waals surface area contributed by atoms with Crippen LogP contribution in [0.2, 0.25) is 0 Å². The maximum Gasteiger partial charge on any atom is 0.254 e. The van der Waals surface area contributed by atoms with Gasteiger partial charge in [0, 0.05) is 18.3 Å². The van der Waals surface area contributed by atoms with Gasteiger partial charge in [-0.15, -0.1) is 0 Å². The van der Waals surface area contributed by atoms with E-state index in [-0.39, 0.29) is 24.0 Å². The van der Waals surface area contributed by atoms with Crippen molar-refractivity contribution in [2.45, 2.75) is 51.0 Å². The van der Waals surface area contributed by atoms with Crippen LogP contribution in [0, 0.1) is 6.92 Å². The van der Waals surface area contributed by atoms with Gasteiger partial charge in [0.05, 0.1) is 24.4 Å². The summed E-state index contributed by atoms with van der Waals surface area (Å²) in [6, 6.07) is 13.3. The molecule has 3 atom stereocenters. The number of pyridine rings is 1. The van der Waals surface area contributed by atoms with E-state index in [0.717, 1.165) is 29.7 Å². The van der Waals surface area contributed by atoms with Crippen molar-refractivity contribution < 1.29 is 14.3 Å². The van der Waals surface area contributed by atoms with E-state index in [1.807, 2.05) is 54.3 Å². The highest BCUT2D eigenvalue weighted by Crippen LogP contribution is 2.33. The number of fused-ring (bicyclic) bond motifs is 1. The minimum atomic E-state index is -0.460. The molecule has 6 nitrogen and oxygen atoms in total. The predicted molar refractivity (Wildman–Crippen MR) is 105 cm³/mol. The fourth-order valence-electron chi connectivity index (χ4n) is 4.13. The molecule has 1 aromatic carbocycles. The molecule has 2 aromatic rings. The van der Waals surface area contributed by atoms with Crippen molar-refractivity contribution in [3.8, 4) is 0 Å². The normalized spacial score (nSPS) is 23.9. The monoisotopic (exact) mass is 379 g/mol. The fraction of sp³-hybridized carbons (Fsp3) is 0.409. The first-order valence-electron chi connectivity index (χ1n) is 9.83. The van der Waals surface area contributed by atoms with Crippen LogP contribution in [0.15, 0.2) is 48.7 Å². The van der Waals surface area contributed by atoms with E-state index in [4.69, 9.17) is 4.74 Å². The zero-order chi connectivity index (χ0) is 19.5. The van der Waals surface area contributed by atoms with Gasteiger partial charge in [-0.05, 0) is 49.9 Å². The number of carbonyl (C=O) groups excluding carboxylic acids is 2. The molecule has 0 bridgehead atoms. The minimum Gasteiger partial charge on any atom is -0.363 e. The van der Waals surface area contributed by atoms with Crippen LogP contribution in [0.5, 0.6) is 0 Å². The van der Waals surface area contributed by atoms with Crippen molar-refractivity contribution in [1.82, 2.24) is 15.2 Å². The number of hydrogen-bond donors (Lipinski definition) is 1. The third-order valence-electron chi connectivity index (χ3n) is 5.65. The van der Waals surface area contributed by atoms with Crippen LogP contribution in [0.3, 0.4) is 0 Å². The summed E-state index contributed by atoms with van der Waals surface area (Å²) in [5.41, 5.74) is 2.55. The SMILES string of the molecule is Cc1ccccc1C(=O)N1CC[C@H]2O[C@@H](C(=O)NCc3ccccn3)CC[C@H]21. The lowest BCUT2D eigenvalue weighted by Gasteiger charge is -2.35. The molecular weight excluding hydrogens is 354 g/mol. The van der Waals surface area contributed by atoms with Crippen LogP contribution in [-0.2, 0) is 16.1 Å². The molecule has 3 heterocycles. The van der Waals surface area contributed by atoms with Gasteiger partial charge in [-0.25, -0.2) is 0 Å². The van der Waals surface area contributed by atoms with Gasteiger partial charge in [-0.2, -0.15) is 0 Å². The van der Waals surface area contributed by atoms with E-state index in [0.29, 0.717) is 19.5 Å². The van der Waals surface area contributed by atoms with Crippen molar-refractivity contribution in [1.29, 1.82) is 0 Å². The molecule has 2 fully saturated rings. The Morgan fingerprint density at radius 1 is 1.14 bits per heavy atom. The molecule has 1 aromatic heterocycles. The number of aryl methyl sites for hydroxylation is 1. The third kappa shape index (κ3) is 3.78. The van der Waals surface area contributed by atoms with E-state index in [9.17, 15) is 9.59 Å². The number of benzene rings is 1. The summed E-state index contributed by atoms with van der Waals surface area (Å²) in [5.74, 6) is -0.0416. The average molecular weight is 379 g/mol. The molecule has 0 aliphatic carbocycles. The highest BCUT2D eigenvalue weighted by Gasteiger charge is 2.43. The van der Waals surface area contributed by atoms with Gasteiger partial charge in [0.15, 0.2) is 0 Å². The number of aromatic nitrogens is 1. The molecule has 2 aliphatic rings. The van der Waals surface area contributed by atoms with Gasteiger partial charge in [-0.1, -0.05) is 24.3 Å². The lowest BCUT2D eigenvalue weighted by Crippen LogP contribution is -2.49. The van der Waals surface area contributed by atoms with Crippen molar-refractivity contribution in [2.24, 2.45) is 0 Å². The number of hydrogen-bond acceptors (Lipinski definition) is 4. The maximum absolute atomic E-state index is 13.0. The van der Waals surface area contributed by atoms with Gasteiger partial charge in [0.25, 0.3) is 5.91 Å². The molecule has 2 aliphatic heterocycles. The van der Waals surface area contributed by atoms with Crippen LogP contribution >= 0.6 is 0 Å². The Labute approximate surface area is 164 Å². The number of nitrogens with zero attached hydrogens (tertiary/aromatic N) is 2. The molecule has 6 heteroatoms. The number of nitrogens with one attached hydrogen (secondary N) is 1. The second-order valence-electron chi connectivity index (χ2n) is 7.45. The number of carbonyl (C=O) groups is 2. The summed E-state index contributed by atoms with van der Waals surface area (Å²) in [6.07, 6.45) is 3.34. The van der Waals surface area contributed by atoms with Crippen molar-refractivity contribution in [2.75, 3.05) is 6.54 Å². The molecule has 0 spiro atoms. The van der Waals surface area contributed by atoms with Gasteiger partial charge in [0.1, 0.15) is 6.10 Å². The Balaban J connectivity index is 1.35. The summed E-state index contributed by atoms with van der Waals surface area (Å²) in [6.45, 7) is 3.02. The van der Waals surface area contributed by atoms with Crippen LogP contribution in [0.25, 0.3) is 0 Å². The van der Waals surface area contributed by atoms with Crippen molar-refractivity contribution in [3.05, 3.63) is 65.5 Å². The van der Waals surface area contributed by atoms with Crippen LogP contribution in [-0.4, -0.2) is 46.5 Å². The van der Waals surface area contributed by atoms with Crippen LogP contribution in [0.4, 0.5) is 0 Å². The first-order chi connectivity index (χ1) is 13.6. The standard InChI is InChI=1S/C22H25N3O3/c1-15-6-2-3-8-17(15)22(27)25-13-11-19-18(25)9-10-20(28-19)21(26)24-14-16-7-4-5-12-23-16/h2-8,12,18-20H,9-11,13-14H2,1H3,(H,24,26)/t18-,19-,20-/m1/s1. The zero-order valence-corrected chi connectivity index (χ0v) is 16.0. The van der Waals surface area contributed by atoms with Crippen molar-refractivity contribution in [3.63, 3.8) is 0 Å². The van der Waals surface area contributed by atoms with Crippen molar-refractivity contribution >= 4 is 11.8 Å². The first-order valence-corrected chi connectivity index (χ1v) is 9.83. The molecular formula is C22H25N3O3. The average Bonchev–Trinajstić information content (AvgIpc) is 3.16. The molecule has 28 heavy (non-hydrogen) atoms. The van der Waals surface area contributed by atoms with E-state index < -0.39 is 6.10 Å². The molecule has 2 amide bonds. The van der Waals surface area contributed by atoms with E-state index >= 15 is 0 Å². The predicted octanol–water partition coefficient (Wildman–Crippen LogP) is 2.47. The first kappa shape index (κ1) is 18.6. The Kier molecular flexibility index (Phi) is 5.39. The lowest BCUT2D eigenvalue weighted by molar-refractivity contribution is -0.143. The second-order valence-corrected chi connectivity index (χ2v) is 7.45. The topological polar surface area (TPSA) is 71.5 Å². The van der Waals surface area contributed by atoms with Crippen LogP contribution in [0.1, 0.15) is 40.9 Å². The highest BCUT2D eigenvalue weighted by atomic mass is 16.5. The number of amides is 2. The summed E-state index contributed by atoms with van der Waals surface area (Å²) in [4.78, 5) is 31.6. The van der Waals surface area contributed by atoms with E-state index in [2.05, 4.69) is 10.3 Å². The van der Waals surface area contributed by atoms with E-state index in [1.54, 1.807) is 6.20 Å². The second kappa shape index (κ2) is 8.10. The Bertz CT molecular complexity index is 855. The Hall–Kier alpha value is -2.73. The molecule has 146 valence electrons. The van der Waals surface area contributed by atoms with Gasteiger partial charge in [-0.3, -0.25) is 14.6 Å². The zero-order valence-electron chi connectivity index (χ0n) is 16.0. The maximum atomic E-state index is 13.0. The molecule has 0 unspecified atom stereocenters. The Morgan fingerprint density at radius 2 is 1.96 bits per heavy atom. The van der Waals surface area contributed by atoms with Crippen LogP contribution < -0.4 is 5.32 Å². The minimum absolute atomic E-state index is 0.0481. The molecule has 2 saturated heterocycles. The van der Waals surface area contributed by atoms with Gasteiger partial charge < -0.3 is 15.0 Å². The molecule has 0 saturated carbocycles. The van der Waals surface area contributed by atoms with E-state index in [1.165, 1.54) is 0 Å². The fourth-order valence-corrected chi connectivity index (χ4v) is 4.13. The summed E-state index contributed by atoms with van der Waals surface area (Å²) in [5, 5.41) is 2.91. The number of rotatable bonds is 4. The third-order valence-corrected chi connectivity index (χ3v) is 5.65. The molecule has 0 radical (unpaired) electrons. The molecule has 4 rings (SSSR count). The highest BCUT2D eigenvalue weighted by molar-refractivity contribution is 5.96. The molecule has 1 N–H and O–H groups in total. The Morgan fingerprint density at radius 3 is 2.75 bits per heavy atom. The summed E-state index contributed by atoms with van der Waals surface area (Å²) < 4.78 is 6.08. The summed E-state index contributed by atoms with van der Waals surface area (Å²) >= 11 is 0.